The fourth-order valence-corrected chi connectivity index (χ4v) is 4.62. The van der Waals surface area contributed by atoms with Crippen LogP contribution in [-0.4, -0.2) is 71.1 Å². The monoisotopic (exact) mass is 706 g/mol. The minimum Gasteiger partial charge on any atom is -0.493 e. The van der Waals surface area contributed by atoms with Gasteiger partial charge < -0.3 is 42.6 Å². The van der Waals surface area contributed by atoms with Crippen molar-refractivity contribution in [3.8, 4) is 34.5 Å². The average molecular weight is 707 g/mol. The van der Waals surface area contributed by atoms with Crippen molar-refractivity contribution < 1.29 is 61.8 Å². The number of methoxy groups -OCH3 is 3. The normalized spacial score (nSPS) is 12.1. The molecule has 0 heterocycles. The minimum absolute atomic E-state index is 0.102. The van der Waals surface area contributed by atoms with Gasteiger partial charge in [-0.25, -0.2) is 4.79 Å². The summed E-state index contributed by atoms with van der Waals surface area (Å²) in [5.41, 5.74) is 1.87. The molecule has 0 fully saturated rings. The van der Waals surface area contributed by atoms with Gasteiger partial charge in [-0.2, -0.15) is 0 Å². The van der Waals surface area contributed by atoms with Crippen molar-refractivity contribution in [1.82, 2.24) is 0 Å². The van der Waals surface area contributed by atoms with Crippen molar-refractivity contribution in [2.24, 2.45) is 0 Å². The Kier molecular flexibility index (Phi) is 15.4. The topological polar surface area (TPSA) is 151 Å². The van der Waals surface area contributed by atoms with Gasteiger partial charge in [0.1, 0.15) is 13.2 Å². The van der Waals surface area contributed by atoms with Crippen molar-refractivity contribution in [3.05, 3.63) is 83.4 Å². The van der Waals surface area contributed by atoms with E-state index in [0.29, 0.717) is 28.4 Å². The molecule has 3 rings (SSSR count). The van der Waals surface area contributed by atoms with Crippen LogP contribution in [0.15, 0.2) is 66.7 Å². The number of esters is 4. The summed E-state index contributed by atoms with van der Waals surface area (Å²) in [7, 11) is 4.37. The first-order valence-electron chi connectivity index (χ1n) is 15.8. The van der Waals surface area contributed by atoms with Crippen LogP contribution in [0.25, 0.3) is 12.2 Å². The fourth-order valence-electron chi connectivity index (χ4n) is 4.62. The number of hydrogen-bond donors (Lipinski definition) is 0. The predicted octanol–water partition coefficient (Wildman–Crippen LogP) is 5.92. The Balaban J connectivity index is 2.11. The van der Waals surface area contributed by atoms with Gasteiger partial charge in [0.2, 0.25) is 0 Å². The summed E-state index contributed by atoms with van der Waals surface area (Å²) in [5, 5.41) is 0. The molecule has 0 N–H and O–H groups in total. The van der Waals surface area contributed by atoms with Gasteiger partial charge in [-0.05, 0) is 66.6 Å². The molecule has 3 aromatic rings. The first-order valence-corrected chi connectivity index (χ1v) is 15.8. The molecule has 0 amide bonds. The Hall–Kier alpha value is -5.98. The van der Waals surface area contributed by atoms with E-state index in [9.17, 15) is 19.2 Å². The lowest BCUT2D eigenvalue weighted by atomic mass is 10.0. The molecule has 0 radical (unpaired) electrons. The smallest absolute Gasteiger partial charge is 0.330 e. The number of ether oxygens (including phenoxy) is 9. The molecule has 2 atom stereocenters. The van der Waals surface area contributed by atoms with Crippen molar-refractivity contribution >= 4 is 36.0 Å². The van der Waals surface area contributed by atoms with E-state index >= 15 is 0 Å². The Morgan fingerprint density at radius 2 is 1.20 bits per heavy atom. The second-order valence-electron chi connectivity index (χ2n) is 10.6. The molecule has 0 unspecified atom stereocenters. The highest BCUT2D eigenvalue weighted by molar-refractivity contribution is 5.87. The van der Waals surface area contributed by atoms with Crippen molar-refractivity contribution in [3.63, 3.8) is 0 Å². The van der Waals surface area contributed by atoms with Gasteiger partial charge in [0.15, 0.2) is 46.7 Å². The molecule has 3 aromatic carbocycles. The second kappa shape index (κ2) is 19.9. The Labute approximate surface area is 296 Å². The second-order valence-corrected chi connectivity index (χ2v) is 10.6. The van der Waals surface area contributed by atoms with Gasteiger partial charge in [0.25, 0.3) is 0 Å². The van der Waals surface area contributed by atoms with E-state index in [1.807, 2.05) is 0 Å². The summed E-state index contributed by atoms with van der Waals surface area (Å²) in [6.07, 6.45) is 4.30. The Morgan fingerprint density at radius 3 is 1.76 bits per heavy atom. The summed E-state index contributed by atoms with van der Waals surface area (Å²) in [6, 6.07) is 15.0. The first-order chi connectivity index (χ1) is 24.5. The van der Waals surface area contributed by atoms with Gasteiger partial charge >= 0.3 is 23.9 Å². The highest BCUT2D eigenvalue weighted by Crippen LogP contribution is 2.39. The average Bonchev–Trinajstić information content (AvgIpc) is 3.10. The van der Waals surface area contributed by atoms with E-state index in [1.54, 1.807) is 79.7 Å². The molecule has 0 bridgehead atoms. The largest absolute Gasteiger partial charge is 0.493 e. The quantitative estimate of drug-likeness (QED) is 0.0667. The number of hydrogen-bond acceptors (Lipinski definition) is 13. The Bertz CT molecular complexity index is 1730. The summed E-state index contributed by atoms with van der Waals surface area (Å²) < 4.78 is 50.6. The van der Waals surface area contributed by atoms with E-state index in [4.69, 9.17) is 42.6 Å². The van der Waals surface area contributed by atoms with Crippen molar-refractivity contribution in [2.45, 2.75) is 39.9 Å². The molecule has 0 aliphatic heterocycles. The molecule has 0 saturated carbocycles. The van der Waals surface area contributed by atoms with Crippen molar-refractivity contribution in [1.29, 1.82) is 0 Å². The van der Waals surface area contributed by atoms with Crippen LogP contribution in [0.1, 0.15) is 50.5 Å². The van der Waals surface area contributed by atoms with Crippen LogP contribution < -0.4 is 28.4 Å². The Morgan fingerprint density at radius 1 is 0.627 bits per heavy atom. The zero-order valence-electron chi connectivity index (χ0n) is 29.6. The van der Waals surface area contributed by atoms with Crippen LogP contribution in [0.5, 0.6) is 34.5 Å². The van der Waals surface area contributed by atoms with Gasteiger partial charge in [-0.3, -0.25) is 14.4 Å². The molecule has 0 aromatic heterocycles. The first kappa shape index (κ1) is 39.5. The number of rotatable bonds is 18. The predicted molar refractivity (Wildman–Crippen MR) is 186 cm³/mol. The van der Waals surface area contributed by atoms with E-state index in [-0.39, 0.29) is 37.1 Å². The maximum absolute atomic E-state index is 12.1. The van der Waals surface area contributed by atoms with Crippen LogP contribution >= 0.6 is 0 Å². The van der Waals surface area contributed by atoms with E-state index in [2.05, 4.69) is 0 Å². The summed E-state index contributed by atoms with van der Waals surface area (Å²) in [6.45, 7) is 5.67. The van der Waals surface area contributed by atoms with E-state index < -0.39 is 36.1 Å². The number of carbonyl (C=O) groups excluding carboxylic acids is 4. The molecule has 0 aliphatic rings. The fraction of sp³-hybridized carbons (Fsp3) is 0.316. The van der Waals surface area contributed by atoms with Crippen LogP contribution in [0.3, 0.4) is 0 Å². The lowest BCUT2D eigenvalue weighted by molar-refractivity contribution is -0.145. The highest BCUT2D eigenvalue weighted by Gasteiger charge is 2.32. The molecule has 272 valence electrons. The molecule has 0 saturated heterocycles. The summed E-state index contributed by atoms with van der Waals surface area (Å²) in [4.78, 5) is 46.8. The standard InChI is InChI=1S/C38H42O13/c1-8-46-37(42)18-13-28-12-16-32(34(21-28)44-6)51-38(29-14-17-30(49-26(4)41)35(22-29)45-7)36(23-48-25(3)40)50-31-15-11-27(20-33(31)43-5)10-9-19-47-24(2)39/h9-18,20-22,36,38H,8,19,23H2,1-7H3/b10-9+,18-13+/t36-,38+/m0/s1. The van der Waals surface area contributed by atoms with Crippen LogP contribution in [0.4, 0.5) is 0 Å². The number of benzene rings is 3. The van der Waals surface area contributed by atoms with Crippen LogP contribution in [0.2, 0.25) is 0 Å². The molecule has 51 heavy (non-hydrogen) atoms. The lowest BCUT2D eigenvalue weighted by Gasteiger charge is -2.30. The van der Waals surface area contributed by atoms with Crippen LogP contribution in [-0.2, 0) is 33.4 Å². The van der Waals surface area contributed by atoms with Crippen LogP contribution in [0, 0.1) is 0 Å². The molecule has 13 nitrogen and oxygen atoms in total. The van der Waals surface area contributed by atoms with Gasteiger partial charge in [0.05, 0.1) is 27.9 Å². The highest BCUT2D eigenvalue weighted by atomic mass is 16.6. The molecule has 13 heteroatoms. The van der Waals surface area contributed by atoms with Gasteiger partial charge in [-0.15, -0.1) is 0 Å². The summed E-state index contributed by atoms with van der Waals surface area (Å²) >= 11 is 0. The van der Waals surface area contributed by atoms with E-state index in [1.165, 1.54) is 48.2 Å². The maximum atomic E-state index is 12.1. The minimum atomic E-state index is -1.01. The maximum Gasteiger partial charge on any atom is 0.330 e. The van der Waals surface area contributed by atoms with Gasteiger partial charge in [-0.1, -0.05) is 24.3 Å². The molecule has 0 aliphatic carbocycles. The van der Waals surface area contributed by atoms with E-state index in [0.717, 1.165) is 5.56 Å². The lowest BCUT2D eigenvalue weighted by Crippen LogP contribution is -2.34. The SMILES string of the molecule is CCOC(=O)/C=C/c1ccc(O[C@H](c2ccc(OC(C)=O)c(OC)c2)[C@H](COC(C)=O)Oc2ccc(/C=C/COC(C)=O)cc2OC)c(OC)c1. The van der Waals surface area contributed by atoms with Crippen molar-refractivity contribution in [2.75, 3.05) is 41.2 Å². The van der Waals surface area contributed by atoms with Gasteiger partial charge in [0, 0.05) is 32.4 Å². The third-order valence-electron chi connectivity index (χ3n) is 6.86. The molecular weight excluding hydrogens is 664 g/mol. The third kappa shape index (κ3) is 12.4. The number of carbonyl (C=O) groups is 4. The zero-order valence-corrected chi connectivity index (χ0v) is 29.6. The zero-order chi connectivity index (χ0) is 37.3. The summed E-state index contributed by atoms with van der Waals surface area (Å²) in [5.74, 6) is -0.298. The third-order valence-corrected chi connectivity index (χ3v) is 6.86. The molecular formula is C38H42O13. The molecule has 0 spiro atoms.